The van der Waals surface area contributed by atoms with Gasteiger partial charge in [-0.3, -0.25) is 20.2 Å². The van der Waals surface area contributed by atoms with E-state index in [1.54, 1.807) is 0 Å². The Bertz CT molecular complexity index is 1480. The number of anilines is 1. The summed E-state index contributed by atoms with van der Waals surface area (Å²) in [5.41, 5.74) is -0.128. The second-order valence-corrected chi connectivity index (χ2v) is 12.8. The molecule has 0 aliphatic carbocycles. The first kappa shape index (κ1) is 29.3. The standard InChI is InChI=1S/C22H24N4O9S3/c1-34-13-11-25(12-14-35-2)38(32,33)19-7-3-16(4-8-19)21(27)24-22-23-15-20(36-22)37(30,31)18-9-5-17(6-10-18)26(28)29/h3-10,15H,11-14H2,1-2H3,(H,23,24,27). The van der Waals surface area contributed by atoms with Gasteiger partial charge in [0.1, 0.15) is 4.21 Å². The lowest BCUT2D eigenvalue weighted by Gasteiger charge is -2.21. The van der Waals surface area contributed by atoms with Crippen molar-refractivity contribution in [2.45, 2.75) is 14.0 Å². The number of carbonyl (C=O) groups is 1. The number of aromatic nitrogens is 1. The molecular weight excluding hydrogens is 560 g/mol. The third-order valence-corrected chi connectivity index (χ3v) is 10.2. The van der Waals surface area contributed by atoms with Gasteiger partial charge in [0.15, 0.2) is 5.13 Å². The van der Waals surface area contributed by atoms with Crippen LogP contribution in [-0.4, -0.2) is 77.5 Å². The normalized spacial score (nSPS) is 12.0. The minimum absolute atomic E-state index is 0.00232. The first-order chi connectivity index (χ1) is 18.0. The predicted molar refractivity (Wildman–Crippen MR) is 138 cm³/mol. The van der Waals surface area contributed by atoms with Crippen LogP contribution >= 0.6 is 11.3 Å². The number of sulfone groups is 1. The number of rotatable bonds is 13. The average molecular weight is 585 g/mol. The Balaban J connectivity index is 1.73. The molecule has 13 nitrogen and oxygen atoms in total. The minimum atomic E-state index is -4.01. The molecule has 2 aromatic carbocycles. The quantitative estimate of drug-likeness (QED) is 0.232. The van der Waals surface area contributed by atoms with Crippen LogP contribution in [0.15, 0.2) is 68.7 Å². The van der Waals surface area contributed by atoms with E-state index in [1.165, 1.54) is 42.8 Å². The highest BCUT2D eigenvalue weighted by Crippen LogP contribution is 2.30. The van der Waals surface area contributed by atoms with Crippen molar-refractivity contribution in [3.63, 3.8) is 0 Å². The molecule has 0 aliphatic heterocycles. The molecule has 0 saturated carbocycles. The van der Waals surface area contributed by atoms with Crippen molar-refractivity contribution in [2.24, 2.45) is 0 Å². The van der Waals surface area contributed by atoms with Crippen LogP contribution in [0.25, 0.3) is 0 Å². The number of sulfonamides is 1. The van der Waals surface area contributed by atoms with Crippen molar-refractivity contribution in [3.8, 4) is 0 Å². The lowest BCUT2D eigenvalue weighted by molar-refractivity contribution is -0.384. The van der Waals surface area contributed by atoms with Gasteiger partial charge in [0.25, 0.3) is 11.6 Å². The molecule has 0 aliphatic rings. The van der Waals surface area contributed by atoms with Crippen molar-refractivity contribution in [3.05, 3.63) is 70.4 Å². The van der Waals surface area contributed by atoms with Crippen molar-refractivity contribution in [1.29, 1.82) is 0 Å². The number of hydrogen-bond donors (Lipinski definition) is 1. The summed E-state index contributed by atoms with van der Waals surface area (Å²) in [4.78, 5) is 26.6. The number of nitro benzene ring substituents is 1. The first-order valence-corrected chi connectivity index (χ1v) is 14.6. The first-order valence-electron chi connectivity index (χ1n) is 10.9. The summed E-state index contributed by atoms with van der Waals surface area (Å²) < 4.78 is 62.6. The van der Waals surface area contributed by atoms with Gasteiger partial charge >= 0.3 is 0 Å². The van der Waals surface area contributed by atoms with Gasteiger partial charge in [-0.15, -0.1) is 0 Å². The van der Waals surface area contributed by atoms with Crippen LogP contribution in [0.4, 0.5) is 10.8 Å². The molecule has 0 fully saturated rings. The molecular formula is C22H24N4O9S3. The van der Waals surface area contributed by atoms with Gasteiger partial charge in [-0.25, -0.2) is 21.8 Å². The molecule has 0 spiro atoms. The Hall–Kier alpha value is -3.28. The van der Waals surface area contributed by atoms with Crippen molar-refractivity contribution >= 4 is 47.9 Å². The Morgan fingerprint density at radius 3 is 2.05 bits per heavy atom. The molecule has 0 radical (unpaired) electrons. The van der Waals surface area contributed by atoms with E-state index in [0.29, 0.717) is 11.3 Å². The number of amides is 1. The van der Waals surface area contributed by atoms with Crippen LogP contribution in [0, 0.1) is 10.1 Å². The Morgan fingerprint density at radius 2 is 1.53 bits per heavy atom. The van der Waals surface area contributed by atoms with Gasteiger partial charge in [-0.2, -0.15) is 4.31 Å². The number of nitro groups is 1. The van der Waals surface area contributed by atoms with E-state index in [9.17, 15) is 31.7 Å². The fraction of sp³-hybridized carbons (Fsp3) is 0.273. The van der Waals surface area contributed by atoms with E-state index in [4.69, 9.17) is 9.47 Å². The second-order valence-electron chi connectivity index (χ2n) is 7.61. The second kappa shape index (κ2) is 12.5. The van der Waals surface area contributed by atoms with Gasteiger partial charge in [-0.05, 0) is 36.4 Å². The van der Waals surface area contributed by atoms with Gasteiger partial charge < -0.3 is 9.47 Å². The highest BCUT2D eigenvalue weighted by Gasteiger charge is 2.25. The molecule has 3 aromatic rings. The molecule has 38 heavy (non-hydrogen) atoms. The molecule has 0 saturated heterocycles. The summed E-state index contributed by atoms with van der Waals surface area (Å²) in [6.45, 7) is 0.636. The summed E-state index contributed by atoms with van der Waals surface area (Å²) in [6.07, 6.45) is 1.07. The van der Waals surface area contributed by atoms with Crippen molar-refractivity contribution in [1.82, 2.24) is 9.29 Å². The van der Waals surface area contributed by atoms with Crippen LogP contribution in [-0.2, 0) is 29.3 Å². The number of ether oxygens (including phenoxy) is 2. The molecule has 1 heterocycles. The van der Waals surface area contributed by atoms with E-state index in [1.807, 2.05) is 0 Å². The van der Waals surface area contributed by atoms with Crippen LogP contribution in [0.1, 0.15) is 10.4 Å². The Kier molecular flexibility index (Phi) is 9.64. The fourth-order valence-electron chi connectivity index (χ4n) is 3.14. The molecule has 204 valence electrons. The zero-order valence-electron chi connectivity index (χ0n) is 20.3. The van der Waals surface area contributed by atoms with Gasteiger partial charge in [0.05, 0.1) is 34.1 Å². The van der Waals surface area contributed by atoms with Crippen LogP contribution in [0.3, 0.4) is 0 Å². The number of hydrogen-bond acceptors (Lipinski definition) is 11. The lowest BCUT2D eigenvalue weighted by Crippen LogP contribution is -2.36. The van der Waals surface area contributed by atoms with Crippen molar-refractivity contribution < 1.29 is 36.0 Å². The summed E-state index contributed by atoms with van der Waals surface area (Å²) in [7, 11) is -4.95. The zero-order valence-corrected chi connectivity index (χ0v) is 22.7. The summed E-state index contributed by atoms with van der Waals surface area (Å²) in [5, 5.41) is 13.3. The number of carbonyl (C=O) groups excluding carboxylic acids is 1. The largest absolute Gasteiger partial charge is 0.383 e. The van der Waals surface area contributed by atoms with Crippen molar-refractivity contribution in [2.75, 3.05) is 45.8 Å². The van der Waals surface area contributed by atoms with Gasteiger partial charge in [0.2, 0.25) is 19.9 Å². The molecule has 1 amide bonds. The number of methoxy groups -OCH3 is 2. The van der Waals surface area contributed by atoms with E-state index >= 15 is 0 Å². The van der Waals surface area contributed by atoms with E-state index < -0.39 is 30.7 Å². The van der Waals surface area contributed by atoms with Crippen LogP contribution in [0.2, 0.25) is 0 Å². The molecule has 0 atom stereocenters. The SMILES string of the molecule is COCCN(CCOC)S(=O)(=O)c1ccc(C(=O)Nc2ncc(S(=O)(=O)c3ccc([N+](=O)[O-])cc3)s2)cc1. The van der Waals surface area contributed by atoms with E-state index in [0.717, 1.165) is 30.5 Å². The maximum absolute atomic E-state index is 13.0. The van der Waals surface area contributed by atoms with Gasteiger partial charge in [0, 0.05) is 45.0 Å². The Morgan fingerprint density at radius 1 is 0.974 bits per heavy atom. The number of nitrogens with zero attached hydrogens (tertiary/aromatic N) is 3. The van der Waals surface area contributed by atoms with Crippen LogP contribution in [0.5, 0.6) is 0 Å². The fourth-order valence-corrected chi connectivity index (χ4v) is 6.98. The topological polar surface area (TPSA) is 175 Å². The predicted octanol–water partition coefficient (Wildman–Crippen LogP) is 2.42. The molecule has 3 rings (SSSR count). The average Bonchev–Trinajstić information content (AvgIpc) is 3.38. The summed E-state index contributed by atoms with van der Waals surface area (Å²) >= 11 is 0.704. The number of benzene rings is 2. The number of non-ortho nitro benzene ring substituents is 1. The highest BCUT2D eigenvalue weighted by atomic mass is 32.2. The molecule has 16 heteroatoms. The monoisotopic (exact) mass is 584 g/mol. The number of thiazole rings is 1. The lowest BCUT2D eigenvalue weighted by atomic mass is 10.2. The van der Waals surface area contributed by atoms with Crippen LogP contribution < -0.4 is 5.32 Å². The van der Waals surface area contributed by atoms with E-state index in [2.05, 4.69) is 10.3 Å². The third kappa shape index (κ3) is 6.77. The van der Waals surface area contributed by atoms with E-state index in [-0.39, 0.29) is 56.7 Å². The molecule has 0 bridgehead atoms. The molecule has 0 unspecified atom stereocenters. The molecule has 1 N–H and O–H groups in total. The number of nitrogens with one attached hydrogen (secondary N) is 1. The smallest absolute Gasteiger partial charge is 0.269 e. The maximum atomic E-state index is 13.0. The molecule has 1 aromatic heterocycles. The summed E-state index contributed by atoms with van der Waals surface area (Å²) in [6, 6.07) is 9.64. The third-order valence-electron chi connectivity index (χ3n) is 5.17. The Labute approximate surface area is 223 Å². The minimum Gasteiger partial charge on any atom is -0.383 e. The maximum Gasteiger partial charge on any atom is 0.269 e. The zero-order chi connectivity index (χ0) is 27.9. The van der Waals surface area contributed by atoms with Gasteiger partial charge in [-0.1, -0.05) is 11.3 Å². The highest BCUT2D eigenvalue weighted by molar-refractivity contribution is 7.93. The summed E-state index contributed by atoms with van der Waals surface area (Å²) in [5.74, 6) is -0.627.